The van der Waals surface area contributed by atoms with Crippen molar-refractivity contribution >= 4 is 16.9 Å². The molecule has 3 aromatic carbocycles. The van der Waals surface area contributed by atoms with E-state index in [1.54, 1.807) is 12.1 Å². The Kier molecular flexibility index (Phi) is 6.13. The summed E-state index contributed by atoms with van der Waals surface area (Å²) in [4.78, 5) is 25.5. The van der Waals surface area contributed by atoms with Gasteiger partial charge in [0.25, 0.3) is 0 Å². The van der Waals surface area contributed by atoms with E-state index in [0.717, 1.165) is 17.5 Å². The minimum atomic E-state index is -0.565. The number of carbonyl (C=O) groups excluding carboxylic acids is 1. The summed E-state index contributed by atoms with van der Waals surface area (Å²) in [5.41, 5.74) is 2.73. The maximum Gasteiger partial charge on any atom is 0.344 e. The Bertz CT molecular complexity index is 1240. The second-order valence-corrected chi connectivity index (χ2v) is 7.07. The molecule has 4 rings (SSSR count). The molecule has 0 amide bonds. The van der Waals surface area contributed by atoms with Crippen molar-refractivity contribution in [2.45, 2.75) is 20.0 Å². The van der Waals surface area contributed by atoms with Gasteiger partial charge in [-0.1, -0.05) is 73.7 Å². The molecule has 4 aromatic rings. The lowest BCUT2D eigenvalue weighted by Crippen LogP contribution is -2.19. The molecule has 0 N–H and O–H groups in total. The molecular weight excluding hydrogens is 392 g/mol. The molecule has 31 heavy (non-hydrogen) atoms. The fourth-order valence-electron chi connectivity index (χ4n) is 3.27. The van der Waals surface area contributed by atoms with Gasteiger partial charge in [0.15, 0.2) is 12.4 Å². The molecule has 5 heteroatoms. The summed E-state index contributed by atoms with van der Waals surface area (Å²) in [6.45, 7) is 1.76. The van der Waals surface area contributed by atoms with E-state index in [-0.39, 0.29) is 17.8 Å². The molecule has 0 saturated carbocycles. The summed E-state index contributed by atoms with van der Waals surface area (Å²) < 4.78 is 17.0. The molecule has 0 spiro atoms. The highest BCUT2D eigenvalue weighted by atomic mass is 16.6. The molecule has 0 saturated heterocycles. The molecule has 5 nitrogen and oxygen atoms in total. The van der Waals surface area contributed by atoms with Crippen molar-refractivity contribution < 1.29 is 18.7 Å². The van der Waals surface area contributed by atoms with E-state index in [1.807, 2.05) is 73.7 Å². The van der Waals surface area contributed by atoms with Gasteiger partial charge in [0.1, 0.15) is 12.2 Å². The smallest absolute Gasteiger partial charge is 0.344 e. The topological polar surface area (TPSA) is 65.7 Å². The highest BCUT2D eigenvalue weighted by Gasteiger charge is 2.19. The summed E-state index contributed by atoms with van der Waals surface area (Å²) in [6.07, 6.45) is 0.790. The zero-order valence-electron chi connectivity index (χ0n) is 17.2. The van der Waals surface area contributed by atoms with Crippen molar-refractivity contribution in [1.29, 1.82) is 0 Å². The summed E-state index contributed by atoms with van der Waals surface area (Å²) in [7, 11) is 0. The Balaban J connectivity index is 1.63. The van der Waals surface area contributed by atoms with Crippen LogP contribution in [0.4, 0.5) is 0 Å². The van der Waals surface area contributed by atoms with Gasteiger partial charge in [0.2, 0.25) is 11.2 Å². The molecule has 1 aromatic heterocycles. The maximum atomic E-state index is 13.2. The minimum Gasteiger partial charge on any atom is -0.474 e. The number of hydrogen-bond donors (Lipinski definition) is 0. The van der Waals surface area contributed by atoms with Gasteiger partial charge >= 0.3 is 5.97 Å². The van der Waals surface area contributed by atoms with Crippen molar-refractivity contribution in [2.24, 2.45) is 0 Å². The summed E-state index contributed by atoms with van der Waals surface area (Å²) in [5, 5.41) is 0.423. The molecule has 156 valence electrons. The Hall–Kier alpha value is -3.86. The van der Waals surface area contributed by atoms with Gasteiger partial charge in [-0.25, -0.2) is 4.79 Å². The van der Waals surface area contributed by atoms with Gasteiger partial charge in [-0.15, -0.1) is 0 Å². The lowest BCUT2D eigenvalue weighted by atomic mass is 10.1. The summed E-state index contributed by atoms with van der Waals surface area (Å²) in [6, 6.07) is 24.1. The van der Waals surface area contributed by atoms with Crippen LogP contribution in [0.15, 0.2) is 88.1 Å². The maximum absolute atomic E-state index is 13.2. The number of ether oxygens (including phenoxy) is 2. The van der Waals surface area contributed by atoms with Crippen molar-refractivity contribution in [1.82, 2.24) is 0 Å². The average molecular weight is 414 g/mol. The second kappa shape index (κ2) is 9.30. The van der Waals surface area contributed by atoms with Crippen molar-refractivity contribution in [3.63, 3.8) is 0 Å². The third-order valence-corrected chi connectivity index (χ3v) is 4.93. The first-order valence-corrected chi connectivity index (χ1v) is 10.1. The van der Waals surface area contributed by atoms with Crippen LogP contribution in [0.2, 0.25) is 0 Å². The van der Waals surface area contributed by atoms with Crippen molar-refractivity contribution in [3.05, 3.63) is 100 Å². The number of rotatable bonds is 7. The van der Waals surface area contributed by atoms with Gasteiger partial charge in [-0.3, -0.25) is 4.79 Å². The molecule has 0 atom stereocenters. The van der Waals surface area contributed by atoms with E-state index in [9.17, 15) is 9.59 Å². The number of fused-ring (bicyclic) bond motifs is 1. The molecule has 0 fully saturated rings. The molecular formula is C26H22O5. The van der Waals surface area contributed by atoms with E-state index in [2.05, 4.69) is 0 Å². The summed E-state index contributed by atoms with van der Waals surface area (Å²) in [5.74, 6) is -0.272. The molecule has 0 unspecified atom stereocenters. The van der Waals surface area contributed by atoms with Crippen LogP contribution in [-0.4, -0.2) is 12.6 Å². The predicted molar refractivity (Wildman–Crippen MR) is 119 cm³/mol. The van der Waals surface area contributed by atoms with Gasteiger partial charge < -0.3 is 13.9 Å². The number of aryl methyl sites for hydroxylation is 1. The molecule has 0 aliphatic carbocycles. The largest absolute Gasteiger partial charge is 0.474 e. The van der Waals surface area contributed by atoms with E-state index >= 15 is 0 Å². The Labute approximate surface area is 179 Å². The van der Waals surface area contributed by atoms with Crippen LogP contribution in [0.5, 0.6) is 5.75 Å². The Morgan fingerprint density at radius 1 is 0.903 bits per heavy atom. The van der Waals surface area contributed by atoms with Gasteiger partial charge in [0, 0.05) is 5.56 Å². The van der Waals surface area contributed by atoms with Crippen LogP contribution < -0.4 is 10.2 Å². The quantitative estimate of drug-likeness (QED) is 0.392. The standard InChI is InChI=1S/C26H22O5/c1-2-18-13-14-22-21(15-18)24(28)26(25(31-22)20-11-7-4-8-12-20)30-17-23(27)29-16-19-9-5-3-6-10-19/h3-15H,2,16-17H2,1H3. The van der Waals surface area contributed by atoms with Crippen LogP contribution in [0, 0.1) is 0 Å². The highest BCUT2D eigenvalue weighted by molar-refractivity contribution is 5.83. The van der Waals surface area contributed by atoms with Crippen LogP contribution in [0.25, 0.3) is 22.3 Å². The zero-order valence-corrected chi connectivity index (χ0v) is 17.2. The number of carbonyl (C=O) groups is 1. The molecule has 0 aliphatic heterocycles. The van der Waals surface area contributed by atoms with Crippen LogP contribution in [0.3, 0.4) is 0 Å². The van der Waals surface area contributed by atoms with Crippen LogP contribution in [-0.2, 0) is 22.6 Å². The van der Waals surface area contributed by atoms with E-state index in [0.29, 0.717) is 22.3 Å². The second-order valence-electron chi connectivity index (χ2n) is 7.07. The third kappa shape index (κ3) is 4.67. The lowest BCUT2D eigenvalue weighted by molar-refractivity contribution is -0.147. The normalized spacial score (nSPS) is 10.7. The minimum absolute atomic E-state index is 0.00335. The Morgan fingerprint density at radius 3 is 2.32 bits per heavy atom. The van der Waals surface area contributed by atoms with E-state index in [1.165, 1.54) is 0 Å². The molecule has 0 radical (unpaired) electrons. The number of esters is 1. The van der Waals surface area contributed by atoms with Crippen LogP contribution in [0.1, 0.15) is 18.1 Å². The summed E-state index contributed by atoms with van der Waals surface area (Å²) >= 11 is 0. The van der Waals surface area contributed by atoms with Crippen molar-refractivity contribution in [2.75, 3.05) is 6.61 Å². The van der Waals surface area contributed by atoms with Crippen LogP contribution >= 0.6 is 0 Å². The molecule has 0 bridgehead atoms. The third-order valence-electron chi connectivity index (χ3n) is 4.93. The van der Waals surface area contributed by atoms with Gasteiger partial charge in [-0.2, -0.15) is 0 Å². The molecule has 1 heterocycles. The lowest BCUT2D eigenvalue weighted by Gasteiger charge is -2.12. The zero-order chi connectivity index (χ0) is 21.6. The first-order chi connectivity index (χ1) is 15.2. The SMILES string of the molecule is CCc1ccc2oc(-c3ccccc3)c(OCC(=O)OCc3ccccc3)c(=O)c2c1. The number of benzene rings is 3. The predicted octanol–water partition coefficient (Wildman–Crippen LogP) is 5.14. The van der Waals surface area contributed by atoms with Gasteiger partial charge in [-0.05, 0) is 29.7 Å². The highest BCUT2D eigenvalue weighted by Crippen LogP contribution is 2.31. The Morgan fingerprint density at radius 2 is 1.61 bits per heavy atom. The van der Waals surface area contributed by atoms with E-state index < -0.39 is 12.6 Å². The van der Waals surface area contributed by atoms with Gasteiger partial charge in [0.05, 0.1) is 5.39 Å². The monoisotopic (exact) mass is 414 g/mol. The first-order valence-electron chi connectivity index (χ1n) is 10.1. The first kappa shape index (κ1) is 20.4. The average Bonchev–Trinajstić information content (AvgIpc) is 2.83. The molecule has 0 aliphatic rings. The fourth-order valence-corrected chi connectivity index (χ4v) is 3.27. The van der Waals surface area contributed by atoms with Crippen molar-refractivity contribution in [3.8, 4) is 17.1 Å². The number of hydrogen-bond acceptors (Lipinski definition) is 5. The van der Waals surface area contributed by atoms with E-state index in [4.69, 9.17) is 13.9 Å². The fraction of sp³-hybridized carbons (Fsp3) is 0.154.